The molecule has 0 heterocycles. The van der Waals surface area contributed by atoms with Crippen molar-refractivity contribution in [3.05, 3.63) is 0 Å². The zero-order valence-electron chi connectivity index (χ0n) is 10.7. The maximum atomic E-state index is 11.6. The molecular formula is C13H22O4. The van der Waals surface area contributed by atoms with Gasteiger partial charge in [-0.2, -0.15) is 0 Å². The molecule has 0 aromatic carbocycles. The van der Waals surface area contributed by atoms with Crippen LogP contribution in [-0.2, 0) is 19.1 Å². The molecule has 1 rings (SSSR count). The van der Waals surface area contributed by atoms with E-state index in [0.29, 0.717) is 19.6 Å². The van der Waals surface area contributed by atoms with Crippen molar-refractivity contribution in [1.29, 1.82) is 0 Å². The van der Waals surface area contributed by atoms with Crippen LogP contribution in [0.5, 0.6) is 0 Å². The van der Waals surface area contributed by atoms with E-state index in [2.05, 4.69) is 0 Å². The Labute approximate surface area is 103 Å². The quantitative estimate of drug-likeness (QED) is 0.694. The fraction of sp³-hybridized carbons (Fsp3) is 0.846. The highest BCUT2D eigenvalue weighted by Crippen LogP contribution is 2.32. The third kappa shape index (κ3) is 4.75. The zero-order valence-corrected chi connectivity index (χ0v) is 10.7. The summed E-state index contributed by atoms with van der Waals surface area (Å²) in [6.45, 7) is 4.47. The zero-order chi connectivity index (χ0) is 12.7. The van der Waals surface area contributed by atoms with Gasteiger partial charge in [0.05, 0.1) is 19.1 Å². The normalized spacial score (nSPS) is 24.1. The summed E-state index contributed by atoms with van der Waals surface area (Å²) >= 11 is 0. The Kier molecular flexibility index (Phi) is 6.01. The minimum Gasteiger partial charge on any atom is -0.466 e. The summed E-state index contributed by atoms with van der Waals surface area (Å²) in [6.07, 6.45) is 4.09. The van der Waals surface area contributed by atoms with Crippen LogP contribution in [0.2, 0.25) is 0 Å². The van der Waals surface area contributed by atoms with Crippen LogP contribution in [0.3, 0.4) is 0 Å². The van der Waals surface area contributed by atoms with Gasteiger partial charge in [-0.1, -0.05) is 6.42 Å². The Morgan fingerprint density at radius 2 is 1.82 bits per heavy atom. The van der Waals surface area contributed by atoms with E-state index in [1.54, 1.807) is 6.92 Å². The molecular weight excluding hydrogens is 220 g/mol. The first-order valence-electron chi connectivity index (χ1n) is 6.49. The second-order valence-electron chi connectivity index (χ2n) is 4.49. The van der Waals surface area contributed by atoms with Gasteiger partial charge in [-0.3, -0.25) is 9.59 Å². The Balaban J connectivity index is 2.38. The van der Waals surface area contributed by atoms with Crippen LogP contribution in [0.25, 0.3) is 0 Å². The van der Waals surface area contributed by atoms with Crippen molar-refractivity contribution < 1.29 is 19.1 Å². The van der Waals surface area contributed by atoms with Gasteiger partial charge in [-0.25, -0.2) is 0 Å². The van der Waals surface area contributed by atoms with Crippen molar-refractivity contribution in [1.82, 2.24) is 0 Å². The summed E-state index contributed by atoms with van der Waals surface area (Å²) in [7, 11) is 0. The molecule has 0 bridgehead atoms. The molecule has 1 aliphatic carbocycles. The molecule has 1 aliphatic rings. The summed E-state index contributed by atoms with van der Waals surface area (Å²) in [5.41, 5.74) is 0. The number of hydrogen-bond acceptors (Lipinski definition) is 4. The van der Waals surface area contributed by atoms with Crippen molar-refractivity contribution in [2.45, 2.75) is 46.0 Å². The first-order chi connectivity index (χ1) is 8.17. The molecule has 0 aromatic rings. The lowest BCUT2D eigenvalue weighted by atomic mass is 9.80. The van der Waals surface area contributed by atoms with Crippen LogP contribution >= 0.6 is 0 Å². The number of rotatable bonds is 5. The molecule has 0 N–H and O–H groups in total. The van der Waals surface area contributed by atoms with Crippen molar-refractivity contribution in [3.8, 4) is 0 Å². The van der Waals surface area contributed by atoms with E-state index in [-0.39, 0.29) is 23.8 Å². The molecule has 2 atom stereocenters. The molecule has 0 aromatic heterocycles. The molecule has 0 saturated heterocycles. The van der Waals surface area contributed by atoms with Crippen LogP contribution < -0.4 is 0 Å². The lowest BCUT2D eigenvalue weighted by molar-refractivity contribution is -0.151. The Hall–Kier alpha value is -1.06. The first-order valence-corrected chi connectivity index (χ1v) is 6.49. The maximum Gasteiger partial charge on any atom is 0.308 e. The van der Waals surface area contributed by atoms with Crippen LogP contribution in [0, 0.1) is 11.8 Å². The molecule has 1 fully saturated rings. The fourth-order valence-electron chi connectivity index (χ4n) is 2.41. The van der Waals surface area contributed by atoms with Crippen LogP contribution in [0.4, 0.5) is 0 Å². The maximum absolute atomic E-state index is 11.6. The number of carbonyl (C=O) groups is 2. The Morgan fingerprint density at radius 1 is 1.12 bits per heavy atom. The lowest BCUT2D eigenvalue weighted by Gasteiger charge is -2.27. The van der Waals surface area contributed by atoms with Gasteiger partial charge in [-0.05, 0) is 39.0 Å². The van der Waals surface area contributed by atoms with Crippen LogP contribution in [-0.4, -0.2) is 25.2 Å². The van der Waals surface area contributed by atoms with E-state index < -0.39 is 0 Å². The Morgan fingerprint density at radius 3 is 2.47 bits per heavy atom. The molecule has 1 saturated carbocycles. The van der Waals surface area contributed by atoms with E-state index in [1.165, 1.54) is 0 Å². The summed E-state index contributed by atoms with van der Waals surface area (Å²) in [5, 5.41) is 0. The van der Waals surface area contributed by atoms with Gasteiger partial charge in [-0.15, -0.1) is 0 Å². The average molecular weight is 242 g/mol. The molecule has 98 valence electrons. The van der Waals surface area contributed by atoms with Crippen molar-refractivity contribution in [2.75, 3.05) is 13.2 Å². The van der Waals surface area contributed by atoms with E-state index in [1.807, 2.05) is 6.92 Å². The van der Waals surface area contributed by atoms with Gasteiger partial charge < -0.3 is 9.47 Å². The average Bonchev–Trinajstić information content (AvgIpc) is 2.30. The fourth-order valence-corrected chi connectivity index (χ4v) is 2.41. The predicted molar refractivity (Wildman–Crippen MR) is 63.3 cm³/mol. The van der Waals surface area contributed by atoms with Gasteiger partial charge in [0, 0.05) is 6.42 Å². The molecule has 0 spiro atoms. The largest absolute Gasteiger partial charge is 0.466 e. The van der Waals surface area contributed by atoms with Gasteiger partial charge in [0.2, 0.25) is 0 Å². The minimum absolute atomic E-state index is 0.0249. The third-order valence-corrected chi connectivity index (χ3v) is 3.16. The summed E-state index contributed by atoms with van der Waals surface area (Å²) in [5.74, 6) is -0.0107. The second-order valence-corrected chi connectivity index (χ2v) is 4.49. The standard InChI is InChI=1S/C13H22O4/c1-3-16-12(14)9-10-6-5-7-11(8-10)13(15)17-4-2/h10-11H,3-9H2,1-2H3/t10-,11+/m0/s1. The monoisotopic (exact) mass is 242 g/mol. The topological polar surface area (TPSA) is 52.6 Å². The van der Waals surface area contributed by atoms with Crippen LogP contribution in [0.1, 0.15) is 46.0 Å². The van der Waals surface area contributed by atoms with E-state index in [0.717, 1.165) is 25.7 Å². The van der Waals surface area contributed by atoms with Gasteiger partial charge in [0.1, 0.15) is 0 Å². The van der Waals surface area contributed by atoms with Gasteiger partial charge in [0.15, 0.2) is 0 Å². The highest BCUT2D eigenvalue weighted by atomic mass is 16.5. The molecule has 0 aliphatic heterocycles. The number of carbonyl (C=O) groups excluding carboxylic acids is 2. The third-order valence-electron chi connectivity index (χ3n) is 3.16. The highest BCUT2D eigenvalue weighted by molar-refractivity contribution is 5.73. The molecule has 0 unspecified atom stereocenters. The number of hydrogen-bond donors (Lipinski definition) is 0. The van der Waals surface area contributed by atoms with Crippen LogP contribution in [0.15, 0.2) is 0 Å². The van der Waals surface area contributed by atoms with Crippen molar-refractivity contribution >= 4 is 11.9 Å². The number of ether oxygens (including phenoxy) is 2. The second kappa shape index (κ2) is 7.30. The van der Waals surface area contributed by atoms with Gasteiger partial charge in [0.25, 0.3) is 0 Å². The molecule has 4 heteroatoms. The first kappa shape index (κ1) is 14.0. The lowest BCUT2D eigenvalue weighted by Crippen LogP contribution is -2.26. The van der Waals surface area contributed by atoms with Crippen molar-refractivity contribution in [2.24, 2.45) is 11.8 Å². The SMILES string of the molecule is CCOC(=O)C[C@H]1CCC[C@@H](C(=O)OCC)C1. The van der Waals surface area contributed by atoms with E-state index in [4.69, 9.17) is 9.47 Å². The Bertz CT molecular complexity index is 262. The summed E-state index contributed by atoms with van der Waals surface area (Å²) in [4.78, 5) is 23.0. The molecule has 4 nitrogen and oxygen atoms in total. The molecule has 0 radical (unpaired) electrons. The molecule has 0 amide bonds. The predicted octanol–water partition coefficient (Wildman–Crippen LogP) is 2.31. The van der Waals surface area contributed by atoms with E-state index >= 15 is 0 Å². The summed E-state index contributed by atoms with van der Waals surface area (Å²) in [6, 6.07) is 0. The summed E-state index contributed by atoms with van der Waals surface area (Å²) < 4.78 is 9.96. The number of esters is 2. The van der Waals surface area contributed by atoms with Gasteiger partial charge >= 0.3 is 11.9 Å². The highest BCUT2D eigenvalue weighted by Gasteiger charge is 2.29. The minimum atomic E-state index is -0.151. The van der Waals surface area contributed by atoms with E-state index in [9.17, 15) is 9.59 Å². The van der Waals surface area contributed by atoms with Crippen molar-refractivity contribution in [3.63, 3.8) is 0 Å². The smallest absolute Gasteiger partial charge is 0.308 e. The molecule has 17 heavy (non-hydrogen) atoms.